The van der Waals surface area contributed by atoms with Crippen molar-refractivity contribution >= 4 is 131 Å². The predicted octanol–water partition coefficient (Wildman–Crippen LogP) is 32.0. The minimum atomic E-state index is -0.157. The van der Waals surface area contributed by atoms with Crippen molar-refractivity contribution in [1.82, 2.24) is 13.7 Å². The number of para-hydroxylation sites is 9. The van der Waals surface area contributed by atoms with Gasteiger partial charge in [-0.1, -0.05) is 284 Å². The second-order valence-corrected chi connectivity index (χ2v) is 35.3. The topological polar surface area (TPSA) is 54.2 Å². The van der Waals surface area contributed by atoms with Gasteiger partial charge in [-0.05, 0) is 240 Å². The molecule has 0 N–H and O–H groups in total. The number of furan rings is 3. The number of rotatable bonds is 6. The highest BCUT2D eigenvalue weighted by atomic mass is 16.3. The van der Waals surface area contributed by atoms with Crippen LogP contribution in [0.2, 0.25) is 0 Å². The quantitative estimate of drug-likeness (QED) is 0.167. The van der Waals surface area contributed by atoms with Gasteiger partial charge in [-0.25, -0.2) is 0 Å². The standard InChI is InChI=1S/3C39H27NO/c1-39(2)32-19-16-24(22-30(32)28-18-21-36-37(38(28)39)29-13-7-9-15-35(29)41-36)25-17-20-34-31(23-25)27-12-6-8-14-33(27)40(34)26-10-4-3-5-11-26;1-39(2)32-23-25(16-18-27(32)29-19-21-36-37(38(29)39)30-13-7-9-15-35(30)41-36)24-17-20-34-31(22-24)28-12-6-8-14-33(28)40(34)26-10-4-3-5-11-26;1-39(2)32-22-24(16-18-27(32)30-20-21-36-37(38(30)39)31-13-7-9-15-35(31)41-36)25-17-19-29-28-12-6-8-14-33(28)40(34(29)23-25)26-10-4-3-5-11-26/h3*3-23H,1-2H3. The molecule has 0 amide bonds. The number of hydrogen-bond donors (Lipinski definition) is 0. The summed E-state index contributed by atoms with van der Waals surface area (Å²) >= 11 is 0. The van der Waals surface area contributed by atoms with Gasteiger partial charge in [-0.15, -0.1) is 0 Å². The molecular formula is C117H81N3O3. The third kappa shape index (κ3) is 10.4. The van der Waals surface area contributed by atoms with Crippen LogP contribution in [-0.2, 0) is 16.2 Å². The fourth-order valence-corrected chi connectivity index (χ4v) is 21.9. The largest absolute Gasteiger partial charge is 0.456 e. The molecule has 0 saturated heterocycles. The Balaban J connectivity index is 0.000000101. The predicted molar refractivity (Wildman–Crippen MR) is 513 cm³/mol. The molecule has 24 aromatic rings. The molecule has 6 aromatic heterocycles. The van der Waals surface area contributed by atoms with Crippen molar-refractivity contribution < 1.29 is 13.3 Å². The van der Waals surface area contributed by atoms with Crippen LogP contribution in [0.3, 0.4) is 0 Å². The van der Waals surface area contributed by atoms with E-state index in [0.717, 1.165) is 33.5 Å². The first kappa shape index (κ1) is 70.7. The molecule has 0 atom stereocenters. The second kappa shape index (κ2) is 26.4. The molecule has 3 aliphatic carbocycles. The average molecular weight is 1580 g/mol. The first-order valence-corrected chi connectivity index (χ1v) is 42.8. The Bertz CT molecular complexity index is 8580. The van der Waals surface area contributed by atoms with Crippen molar-refractivity contribution in [2.75, 3.05) is 0 Å². The lowest BCUT2D eigenvalue weighted by atomic mass is 9.80. The zero-order valence-electron chi connectivity index (χ0n) is 68.9. The molecule has 0 saturated carbocycles. The van der Waals surface area contributed by atoms with Crippen molar-refractivity contribution in [1.29, 1.82) is 0 Å². The van der Waals surface area contributed by atoms with Gasteiger partial charge >= 0.3 is 0 Å². The Hall–Kier alpha value is -15.2. The summed E-state index contributed by atoms with van der Waals surface area (Å²) in [5, 5.41) is 15.0. The van der Waals surface area contributed by atoms with Crippen LogP contribution in [0, 0.1) is 0 Å². The van der Waals surface area contributed by atoms with E-state index in [-0.39, 0.29) is 16.2 Å². The minimum Gasteiger partial charge on any atom is -0.456 e. The van der Waals surface area contributed by atoms with Crippen LogP contribution in [0.4, 0.5) is 0 Å². The van der Waals surface area contributed by atoms with E-state index in [1.165, 1.54) is 215 Å². The summed E-state index contributed by atoms with van der Waals surface area (Å²) in [4.78, 5) is 0. The molecule has 0 fully saturated rings. The second-order valence-electron chi connectivity index (χ2n) is 35.3. The lowest BCUT2D eigenvalue weighted by molar-refractivity contribution is 0.657. The third-order valence-electron chi connectivity index (χ3n) is 27.5. The number of aromatic nitrogens is 3. The van der Waals surface area contributed by atoms with E-state index in [0.29, 0.717) is 0 Å². The molecule has 0 radical (unpaired) electrons. The number of fused-ring (bicyclic) bond motifs is 30. The molecule has 3 aliphatic rings. The Kier molecular flexibility index (Phi) is 15.2. The highest BCUT2D eigenvalue weighted by Crippen LogP contribution is 2.58. The van der Waals surface area contributed by atoms with Crippen molar-refractivity contribution in [2.24, 2.45) is 0 Å². The van der Waals surface area contributed by atoms with Crippen molar-refractivity contribution in [3.8, 4) is 83.8 Å². The fraction of sp³-hybridized carbons (Fsp3) is 0.0769. The average Bonchev–Trinajstić information content (AvgIpc) is 1.55. The van der Waals surface area contributed by atoms with Gasteiger partial charge in [0.1, 0.15) is 33.5 Å². The van der Waals surface area contributed by atoms with Crippen LogP contribution < -0.4 is 0 Å². The highest BCUT2D eigenvalue weighted by molar-refractivity contribution is 6.17. The summed E-state index contributed by atoms with van der Waals surface area (Å²) < 4.78 is 26.0. The van der Waals surface area contributed by atoms with E-state index in [4.69, 9.17) is 13.3 Å². The Labute approximate surface area is 710 Å². The van der Waals surface area contributed by atoms with Crippen LogP contribution in [0.25, 0.3) is 215 Å². The summed E-state index contributed by atoms with van der Waals surface area (Å²) in [7, 11) is 0. The summed E-state index contributed by atoms with van der Waals surface area (Å²) in [5.74, 6) is 0. The summed E-state index contributed by atoms with van der Waals surface area (Å²) in [5.41, 5.74) is 39.8. The smallest absolute Gasteiger partial charge is 0.135 e. The molecule has 0 unspecified atom stereocenters. The molecule has 123 heavy (non-hydrogen) atoms. The molecule has 0 bridgehead atoms. The van der Waals surface area contributed by atoms with E-state index in [2.05, 4.69) is 419 Å². The van der Waals surface area contributed by atoms with Gasteiger partial charge in [0.05, 0.1) is 33.1 Å². The summed E-state index contributed by atoms with van der Waals surface area (Å²) in [6.45, 7) is 14.1. The van der Waals surface area contributed by atoms with Crippen LogP contribution in [0.1, 0.15) is 74.9 Å². The zero-order chi connectivity index (χ0) is 81.9. The first-order valence-electron chi connectivity index (χ1n) is 42.8. The maximum atomic E-state index is 6.27. The maximum absolute atomic E-state index is 6.27. The lowest BCUT2D eigenvalue weighted by Gasteiger charge is -2.23. The number of benzene rings is 18. The van der Waals surface area contributed by atoms with Crippen molar-refractivity contribution in [3.63, 3.8) is 0 Å². The van der Waals surface area contributed by atoms with Gasteiger partial charge in [0.15, 0.2) is 0 Å². The summed E-state index contributed by atoms with van der Waals surface area (Å²) in [6.07, 6.45) is 0. The Morgan fingerprint density at radius 1 is 0.179 bits per heavy atom. The van der Waals surface area contributed by atoms with Gasteiger partial charge < -0.3 is 27.0 Å². The van der Waals surface area contributed by atoms with Gasteiger partial charge in [0.2, 0.25) is 0 Å². The highest BCUT2D eigenvalue weighted by Gasteiger charge is 2.42. The normalized spacial score (nSPS) is 13.8. The van der Waals surface area contributed by atoms with Gasteiger partial charge in [-0.3, -0.25) is 0 Å². The van der Waals surface area contributed by atoms with E-state index in [1.54, 1.807) is 0 Å². The van der Waals surface area contributed by atoms with Crippen LogP contribution in [0.15, 0.2) is 395 Å². The zero-order valence-corrected chi connectivity index (χ0v) is 68.9. The van der Waals surface area contributed by atoms with Crippen LogP contribution in [-0.4, -0.2) is 13.7 Å². The number of nitrogens with zero attached hydrogens (tertiary/aromatic N) is 3. The fourth-order valence-electron chi connectivity index (χ4n) is 21.9. The van der Waals surface area contributed by atoms with Gasteiger partial charge in [-0.2, -0.15) is 0 Å². The number of hydrogen-bond acceptors (Lipinski definition) is 3. The lowest BCUT2D eigenvalue weighted by Crippen LogP contribution is -2.15. The van der Waals surface area contributed by atoms with E-state index < -0.39 is 0 Å². The Morgan fingerprint density at radius 2 is 0.463 bits per heavy atom. The third-order valence-corrected chi connectivity index (χ3v) is 27.5. The molecule has 0 spiro atoms. The van der Waals surface area contributed by atoms with Gasteiger partial charge in [0, 0.05) is 97.9 Å². The SMILES string of the molecule is CC1(C)c2cc(-c3ccc4c(c3)c3ccccc3n4-c3ccccc3)ccc2-c2ccc3oc4ccccc4c3c21.CC1(C)c2cc(-c3ccc4c5ccccc5n(-c5ccccc5)c4c3)ccc2-c2ccc3oc4ccccc4c3c21.CC1(C)c2ccc(-c3ccc4c(c3)c3ccccc3n4-c3ccccc3)cc2-c2ccc3oc4ccccc4c3c21. The Morgan fingerprint density at radius 3 is 0.886 bits per heavy atom. The molecule has 582 valence electrons. The monoisotopic (exact) mass is 1580 g/mol. The van der Waals surface area contributed by atoms with E-state index in [1.807, 2.05) is 18.2 Å². The van der Waals surface area contributed by atoms with E-state index in [9.17, 15) is 0 Å². The summed E-state index contributed by atoms with van der Waals surface area (Å²) in [6, 6.07) is 138. The minimum absolute atomic E-state index is 0.123. The van der Waals surface area contributed by atoms with E-state index >= 15 is 0 Å². The van der Waals surface area contributed by atoms with Crippen LogP contribution >= 0.6 is 0 Å². The maximum Gasteiger partial charge on any atom is 0.135 e. The molecule has 6 heteroatoms. The molecule has 0 aliphatic heterocycles. The van der Waals surface area contributed by atoms with Gasteiger partial charge in [0.25, 0.3) is 0 Å². The van der Waals surface area contributed by atoms with Crippen molar-refractivity contribution in [3.05, 3.63) is 416 Å². The molecule has 27 rings (SSSR count). The molecular weight excluding hydrogens is 1500 g/mol. The van der Waals surface area contributed by atoms with Crippen LogP contribution in [0.5, 0.6) is 0 Å². The molecule has 6 nitrogen and oxygen atoms in total. The first-order chi connectivity index (χ1) is 60.3. The molecule has 6 heterocycles. The molecule has 18 aromatic carbocycles. The van der Waals surface area contributed by atoms with Crippen molar-refractivity contribution in [2.45, 2.75) is 57.8 Å².